The fourth-order valence-electron chi connectivity index (χ4n) is 2.13. The zero-order valence-corrected chi connectivity index (χ0v) is 15.6. The first kappa shape index (κ1) is 18.3. The van der Waals surface area contributed by atoms with Crippen molar-refractivity contribution in [1.82, 2.24) is 10.3 Å². The molecule has 130 valence electrons. The molecule has 0 saturated carbocycles. The van der Waals surface area contributed by atoms with Crippen LogP contribution in [-0.4, -0.2) is 31.2 Å². The summed E-state index contributed by atoms with van der Waals surface area (Å²) in [4.78, 5) is 16.6. The van der Waals surface area contributed by atoms with Gasteiger partial charge in [-0.1, -0.05) is 13.8 Å². The lowest BCUT2D eigenvalue weighted by Gasteiger charge is -2.16. The maximum Gasteiger partial charge on any atom is 0.226 e. The SMILES string of the molecule is COc1ccc(-c2nc(CC(=O)N[C@@H](C)C(C)C)cs2)cc1OC. The van der Waals surface area contributed by atoms with Gasteiger partial charge in [-0.2, -0.15) is 0 Å². The molecule has 2 aromatic rings. The summed E-state index contributed by atoms with van der Waals surface area (Å²) in [6, 6.07) is 5.83. The third kappa shape index (κ3) is 4.47. The summed E-state index contributed by atoms with van der Waals surface area (Å²) in [5, 5.41) is 5.78. The topological polar surface area (TPSA) is 60.5 Å². The summed E-state index contributed by atoms with van der Waals surface area (Å²) in [7, 11) is 3.21. The monoisotopic (exact) mass is 348 g/mol. The molecule has 0 spiro atoms. The quantitative estimate of drug-likeness (QED) is 0.831. The van der Waals surface area contributed by atoms with Gasteiger partial charge in [-0.05, 0) is 31.0 Å². The fourth-order valence-corrected chi connectivity index (χ4v) is 2.94. The van der Waals surface area contributed by atoms with E-state index in [1.807, 2.05) is 30.5 Å². The van der Waals surface area contributed by atoms with E-state index in [1.54, 1.807) is 14.2 Å². The second-order valence-corrected chi connectivity index (χ2v) is 6.85. The van der Waals surface area contributed by atoms with E-state index >= 15 is 0 Å². The Labute approximate surface area is 147 Å². The lowest BCUT2D eigenvalue weighted by molar-refractivity contribution is -0.121. The average molecular weight is 348 g/mol. The van der Waals surface area contributed by atoms with Crippen molar-refractivity contribution < 1.29 is 14.3 Å². The Bertz CT molecular complexity index is 697. The van der Waals surface area contributed by atoms with Crippen molar-refractivity contribution in [1.29, 1.82) is 0 Å². The number of benzene rings is 1. The number of rotatable bonds is 7. The van der Waals surface area contributed by atoms with Crippen LogP contribution in [0.2, 0.25) is 0 Å². The Hall–Kier alpha value is -2.08. The van der Waals surface area contributed by atoms with Crippen molar-refractivity contribution in [3.63, 3.8) is 0 Å². The van der Waals surface area contributed by atoms with Crippen molar-refractivity contribution in [2.45, 2.75) is 33.2 Å². The largest absolute Gasteiger partial charge is 0.493 e. The zero-order valence-electron chi connectivity index (χ0n) is 14.8. The van der Waals surface area contributed by atoms with Gasteiger partial charge in [-0.25, -0.2) is 4.98 Å². The van der Waals surface area contributed by atoms with Crippen LogP contribution in [0.3, 0.4) is 0 Å². The van der Waals surface area contributed by atoms with E-state index in [-0.39, 0.29) is 11.9 Å². The van der Waals surface area contributed by atoms with Crippen LogP contribution in [0.1, 0.15) is 26.5 Å². The molecule has 0 aliphatic rings. The van der Waals surface area contributed by atoms with Gasteiger partial charge in [0.15, 0.2) is 11.5 Å². The van der Waals surface area contributed by atoms with Crippen LogP contribution >= 0.6 is 11.3 Å². The highest BCUT2D eigenvalue weighted by molar-refractivity contribution is 7.13. The standard InChI is InChI=1S/C18H24N2O3S/c1-11(2)12(3)19-17(21)9-14-10-24-18(20-14)13-6-7-15(22-4)16(8-13)23-5/h6-8,10-12H,9H2,1-5H3,(H,19,21)/t12-/m0/s1. The molecule has 1 atom stereocenters. The average Bonchev–Trinajstić information content (AvgIpc) is 3.02. The Balaban J connectivity index is 2.09. The maximum atomic E-state index is 12.1. The lowest BCUT2D eigenvalue weighted by atomic mass is 10.1. The number of nitrogens with one attached hydrogen (secondary N) is 1. The first-order valence-electron chi connectivity index (χ1n) is 7.90. The molecular formula is C18H24N2O3S. The molecule has 0 bridgehead atoms. The van der Waals surface area contributed by atoms with Crippen LogP contribution < -0.4 is 14.8 Å². The summed E-state index contributed by atoms with van der Waals surface area (Å²) < 4.78 is 10.6. The molecule has 0 fully saturated rings. The molecular weight excluding hydrogens is 324 g/mol. The summed E-state index contributed by atoms with van der Waals surface area (Å²) >= 11 is 1.51. The minimum Gasteiger partial charge on any atom is -0.493 e. The van der Waals surface area contributed by atoms with Gasteiger partial charge in [0, 0.05) is 17.0 Å². The van der Waals surface area contributed by atoms with E-state index in [9.17, 15) is 4.79 Å². The predicted octanol–water partition coefficient (Wildman–Crippen LogP) is 3.53. The third-order valence-electron chi connectivity index (χ3n) is 3.91. The van der Waals surface area contributed by atoms with Gasteiger partial charge in [0.2, 0.25) is 5.91 Å². The minimum absolute atomic E-state index is 0.000335. The van der Waals surface area contributed by atoms with Crippen LogP contribution in [-0.2, 0) is 11.2 Å². The molecule has 0 radical (unpaired) electrons. The maximum absolute atomic E-state index is 12.1. The van der Waals surface area contributed by atoms with Gasteiger partial charge in [-0.15, -0.1) is 11.3 Å². The van der Waals surface area contributed by atoms with Crippen molar-refractivity contribution in [3.05, 3.63) is 29.3 Å². The minimum atomic E-state index is 0.000335. The number of hydrogen-bond donors (Lipinski definition) is 1. The molecule has 1 aromatic carbocycles. The van der Waals surface area contributed by atoms with E-state index in [2.05, 4.69) is 24.1 Å². The number of ether oxygens (including phenoxy) is 2. The smallest absolute Gasteiger partial charge is 0.226 e. The Morgan fingerprint density at radius 1 is 1.21 bits per heavy atom. The fraction of sp³-hybridized carbons (Fsp3) is 0.444. The molecule has 0 saturated heterocycles. The predicted molar refractivity (Wildman–Crippen MR) is 96.8 cm³/mol. The van der Waals surface area contributed by atoms with Crippen LogP contribution in [0.5, 0.6) is 11.5 Å². The van der Waals surface area contributed by atoms with E-state index in [1.165, 1.54) is 11.3 Å². The summed E-state index contributed by atoms with van der Waals surface area (Å²) in [5.74, 6) is 1.75. The van der Waals surface area contributed by atoms with Crippen LogP contribution in [0.4, 0.5) is 0 Å². The van der Waals surface area contributed by atoms with Crippen molar-refractivity contribution in [3.8, 4) is 22.1 Å². The second kappa shape index (κ2) is 8.15. The Morgan fingerprint density at radius 2 is 1.92 bits per heavy atom. The molecule has 1 N–H and O–H groups in total. The lowest BCUT2D eigenvalue weighted by Crippen LogP contribution is -2.37. The van der Waals surface area contributed by atoms with E-state index < -0.39 is 0 Å². The first-order chi connectivity index (χ1) is 11.4. The Kier molecular flexibility index (Phi) is 6.20. The first-order valence-corrected chi connectivity index (χ1v) is 8.78. The van der Waals surface area contributed by atoms with Crippen molar-refractivity contribution in [2.24, 2.45) is 5.92 Å². The molecule has 1 amide bonds. The number of carbonyl (C=O) groups is 1. The number of carbonyl (C=O) groups excluding carboxylic acids is 1. The molecule has 0 unspecified atom stereocenters. The van der Waals surface area contributed by atoms with Gasteiger partial charge in [0.05, 0.1) is 26.3 Å². The summed E-state index contributed by atoms with van der Waals surface area (Å²) in [6.07, 6.45) is 0.293. The van der Waals surface area contributed by atoms with Crippen LogP contribution in [0, 0.1) is 5.92 Å². The Morgan fingerprint density at radius 3 is 2.54 bits per heavy atom. The number of thiazole rings is 1. The molecule has 24 heavy (non-hydrogen) atoms. The molecule has 1 aromatic heterocycles. The molecule has 1 heterocycles. The van der Waals surface area contributed by atoms with Gasteiger partial charge in [0.25, 0.3) is 0 Å². The van der Waals surface area contributed by atoms with Crippen LogP contribution in [0.15, 0.2) is 23.6 Å². The molecule has 6 heteroatoms. The zero-order chi connectivity index (χ0) is 17.7. The normalized spacial score (nSPS) is 12.1. The molecule has 5 nitrogen and oxygen atoms in total. The molecule has 0 aliphatic heterocycles. The summed E-state index contributed by atoms with van der Waals surface area (Å²) in [5.41, 5.74) is 1.72. The van der Waals surface area contributed by atoms with E-state index in [4.69, 9.17) is 9.47 Å². The number of hydrogen-bond acceptors (Lipinski definition) is 5. The second-order valence-electron chi connectivity index (χ2n) is 5.99. The van der Waals surface area contributed by atoms with Crippen molar-refractivity contribution in [2.75, 3.05) is 14.2 Å². The number of aromatic nitrogens is 1. The summed E-state index contributed by atoms with van der Waals surface area (Å²) in [6.45, 7) is 6.19. The van der Waals surface area contributed by atoms with Gasteiger partial charge in [-0.3, -0.25) is 4.79 Å². The molecule has 2 rings (SSSR count). The van der Waals surface area contributed by atoms with E-state index in [0.29, 0.717) is 23.8 Å². The van der Waals surface area contributed by atoms with E-state index in [0.717, 1.165) is 16.3 Å². The highest BCUT2D eigenvalue weighted by Crippen LogP contribution is 2.33. The van der Waals surface area contributed by atoms with Gasteiger partial charge >= 0.3 is 0 Å². The van der Waals surface area contributed by atoms with Gasteiger partial charge < -0.3 is 14.8 Å². The number of nitrogens with zero attached hydrogens (tertiary/aromatic N) is 1. The molecule has 0 aliphatic carbocycles. The van der Waals surface area contributed by atoms with Crippen LogP contribution in [0.25, 0.3) is 10.6 Å². The highest BCUT2D eigenvalue weighted by atomic mass is 32.1. The third-order valence-corrected chi connectivity index (χ3v) is 4.85. The van der Waals surface area contributed by atoms with Gasteiger partial charge in [0.1, 0.15) is 5.01 Å². The van der Waals surface area contributed by atoms with Crippen molar-refractivity contribution >= 4 is 17.2 Å². The highest BCUT2D eigenvalue weighted by Gasteiger charge is 2.14. The number of methoxy groups -OCH3 is 2. The number of amides is 1.